The molecule has 0 N–H and O–H groups in total. The van der Waals surface area contributed by atoms with Crippen molar-refractivity contribution in [1.82, 2.24) is 0 Å². The average molecular weight is 555 g/mol. The smallest absolute Gasteiger partial charge is 0.120 e. The summed E-state index contributed by atoms with van der Waals surface area (Å²) >= 11 is 0. The van der Waals surface area contributed by atoms with E-state index in [0.717, 1.165) is 27.5 Å². The molecule has 0 radical (unpaired) electrons. The van der Waals surface area contributed by atoms with Crippen molar-refractivity contribution in [1.29, 1.82) is 0 Å². The topological polar surface area (TPSA) is 35.5 Å². The molecule has 0 aromatic heterocycles. The highest BCUT2D eigenvalue weighted by Gasteiger charge is 2.24. The highest BCUT2D eigenvalue weighted by molar-refractivity contribution is 7.85. The van der Waals surface area contributed by atoms with Crippen molar-refractivity contribution in [3.63, 3.8) is 0 Å². The molecule has 0 aliphatic heterocycles. The highest BCUT2D eigenvalue weighted by Crippen LogP contribution is 2.33. The molecule has 4 heteroatoms. The van der Waals surface area contributed by atoms with Gasteiger partial charge in [0.05, 0.1) is 16.4 Å². The van der Waals surface area contributed by atoms with Crippen LogP contribution in [-0.2, 0) is 33.0 Å². The summed E-state index contributed by atoms with van der Waals surface area (Å²) in [5.74, 6) is 0.890. The minimum absolute atomic E-state index is 0.123. The van der Waals surface area contributed by atoms with Crippen molar-refractivity contribution < 1.29 is 13.7 Å². The zero-order chi connectivity index (χ0) is 29.1. The lowest BCUT2D eigenvalue weighted by atomic mass is 9.78. The molecule has 0 saturated carbocycles. The summed E-state index contributed by atoms with van der Waals surface area (Å²) in [6.07, 6.45) is 0.827. The molecular formula is C36H42O3S. The van der Waals surface area contributed by atoms with E-state index in [1.807, 2.05) is 50.2 Å². The Morgan fingerprint density at radius 3 is 1.43 bits per heavy atom. The van der Waals surface area contributed by atoms with Crippen molar-refractivity contribution in [2.75, 3.05) is 7.11 Å². The number of hydrogen-bond donors (Lipinski definition) is 0. The summed E-state index contributed by atoms with van der Waals surface area (Å²) in [6, 6.07) is 33.3. The van der Waals surface area contributed by atoms with Gasteiger partial charge >= 0.3 is 0 Å². The summed E-state index contributed by atoms with van der Waals surface area (Å²) in [7, 11) is 0.476. The van der Waals surface area contributed by atoms with Gasteiger partial charge in [0.1, 0.15) is 11.4 Å². The third kappa shape index (κ3) is 7.10. The summed E-state index contributed by atoms with van der Waals surface area (Å²) in [4.78, 5) is 1.59. The van der Waals surface area contributed by atoms with E-state index in [-0.39, 0.29) is 16.6 Å². The Morgan fingerprint density at radius 2 is 0.975 bits per heavy atom. The van der Waals surface area contributed by atoms with Crippen molar-refractivity contribution >= 4 is 10.8 Å². The fourth-order valence-electron chi connectivity index (χ4n) is 4.70. The fourth-order valence-corrected chi connectivity index (χ4v) is 5.74. The quantitative estimate of drug-likeness (QED) is 0.207. The van der Waals surface area contributed by atoms with Gasteiger partial charge in [0.25, 0.3) is 0 Å². The molecule has 4 aromatic carbocycles. The van der Waals surface area contributed by atoms with E-state index in [2.05, 4.69) is 95.3 Å². The summed E-state index contributed by atoms with van der Waals surface area (Å²) in [5, 5.41) is 0. The van der Waals surface area contributed by atoms with Gasteiger partial charge in [0.15, 0.2) is 0 Å². The number of ether oxygens (including phenoxy) is 2. The second-order valence-corrected chi connectivity index (χ2v) is 13.9. The van der Waals surface area contributed by atoms with Crippen LogP contribution in [0.25, 0.3) is 0 Å². The van der Waals surface area contributed by atoms with E-state index in [0.29, 0.717) is 0 Å². The minimum Gasteiger partial charge on any atom is -0.488 e. The summed E-state index contributed by atoms with van der Waals surface area (Å²) < 4.78 is 24.7. The number of methoxy groups -OCH3 is 1. The molecule has 0 spiro atoms. The van der Waals surface area contributed by atoms with Crippen molar-refractivity contribution in [3.05, 3.63) is 125 Å². The van der Waals surface area contributed by atoms with Gasteiger partial charge in [-0.1, -0.05) is 74.5 Å². The van der Waals surface area contributed by atoms with Gasteiger partial charge in [0, 0.05) is 22.3 Å². The van der Waals surface area contributed by atoms with Gasteiger partial charge in [-0.3, -0.25) is 0 Å². The normalized spacial score (nSPS) is 13.2. The molecule has 0 heterocycles. The molecule has 40 heavy (non-hydrogen) atoms. The van der Waals surface area contributed by atoms with E-state index in [9.17, 15) is 4.21 Å². The van der Waals surface area contributed by atoms with Gasteiger partial charge in [-0.25, -0.2) is 4.21 Å². The first-order valence-corrected chi connectivity index (χ1v) is 15.0. The van der Waals surface area contributed by atoms with Crippen LogP contribution in [0.5, 0.6) is 5.75 Å². The van der Waals surface area contributed by atoms with Crippen LogP contribution in [0.4, 0.5) is 0 Å². The first-order valence-electron chi connectivity index (χ1n) is 13.8. The Kier molecular flexibility index (Phi) is 8.72. The molecule has 0 aliphatic rings. The number of hydrogen-bond acceptors (Lipinski definition) is 3. The Morgan fingerprint density at radius 1 is 0.575 bits per heavy atom. The summed E-state index contributed by atoms with van der Waals surface area (Å²) in [6.45, 7) is 14.7. The van der Waals surface area contributed by atoms with Crippen molar-refractivity contribution in [2.45, 2.75) is 81.3 Å². The Balaban J connectivity index is 1.41. The molecule has 210 valence electrons. The molecular weight excluding hydrogens is 512 g/mol. The molecule has 1 atom stereocenters. The van der Waals surface area contributed by atoms with Crippen LogP contribution in [0, 0.1) is 0 Å². The maximum absolute atomic E-state index is 13.1. The SMILES string of the molecule is COC(C)(C)c1ccc(S(=O)c2ccc(Cc3ccc(C(C)(C)c4ccc(OC(C)(C)C)cc4)cc3)cc2)cc1. The molecule has 0 bridgehead atoms. The zero-order valence-corrected chi connectivity index (χ0v) is 25.9. The van der Waals surface area contributed by atoms with Crippen LogP contribution in [0.15, 0.2) is 107 Å². The lowest BCUT2D eigenvalue weighted by molar-refractivity contribution is 0.0192. The van der Waals surface area contributed by atoms with E-state index in [1.165, 1.54) is 22.3 Å². The predicted molar refractivity (Wildman–Crippen MR) is 166 cm³/mol. The second kappa shape index (κ2) is 11.7. The van der Waals surface area contributed by atoms with Gasteiger partial charge < -0.3 is 9.47 Å². The zero-order valence-electron chi connectivity index (χ0n) is 25.1. The minimum atomic E-state index is -1.23. The first-order chi connectivity index (χ1) is 18.8. The molecule has 0 aliphatic carbocycles. The third-order valence-corrected chi connectivity index (χ3v) is 8.90. The van der Waals surface area contributed by atoms with E-state index in [1.54, 1.807) is 7.11 Å². The van der Waals surface area contributed by atoms with Crippen molar-refractivity contribution in [2.24, 2.45) is 0 Å². The Bertz CT molecular complexity index is 1420. The standard InChI is InChI=1S/C36H42O3S/c1-34(2,3)39-31-19-15-29(16-20-31)35(4,5)28-13-9-26(10-14-28)25-27-11-21-32(22-12-27)40(37)33-23-17-30(18-24-33)36(6,7)38-8/h9-24H,25H2,1-8H3. The number of rotatable bonds is 9. The second-order valence-electron chi connectivity index (χ2n) is 12.4. The van der Waals surface area contributed by atoms with Crippen LogP contribution in [0.1, 0.15) is 76.3 Å². The first kappa shape index (κ1) is 29.8. The molecule has 0 saturated heterocycles. The third-order valence-electron chi connectivity index (χ3n) is 7.50. The molecule has 3 nitrogen and oxygen atoms in total. The van der Waals surface area contributed by atoms with Gasteiger partial charge in [-0.05, 0) is 105 Å². The predicted octanol–water partition coefficient (Wildman–Crippen LogP) is 8.83. The molecule has 4 rings (SSSR count). The van der Waals surface area contributed by atoms with Gasteiger partial charge in [-0.15, -0.1) is 0 Å². The van der Waals surface area contributed by atoms with Gasteiger partial charge in [-0.2, -0.15) is 0 Å². The van der Waals surface area contributed by atoms with Crippen LogP contribution in [0.2, 0.25) is 0 Å². The maximum Gasteiger partial charge on any atom is 0.120 e. The van der Waals surface area contributed by atoms with E-state index in [4.69, 9.17) is 9.47 Å². The Labute approximate surface area is 243 Å². The monoisotopic (exact) mass is 554 g/mol. The molecule has 0 amide bonds. The fraction of sp³-hybridized carbons (Fsp3) is 0.333. The van der Waals surface area contributed by atoms with Crippen molar-refractivity contribution in [3.8, 4) is 5.75 Å². The highest BCUT2D eigenvalue weighted by atomic mass is 32.2. The largest absolute Gasteiger partial charge is 0.488 e. The van der Waals surface area contributed by atoms with Crippen LogP contribution >= 0.6 is 0 Å². The number of benzene rings is 4. The van der Waals surface area contributed by atoms with E-state index < -0.39 is 10.8 Å². The lowest BCUT2D eigenvalue weighted by Crippen LogP contribution is -2.23. The molecule has 1 unspecified atom stereocenters. The van der Waals surface area contributed by atoms with Crippen LogP contribution in [0.3, 0.4) is 0 Å². The van der Waals surface area contributed by atoms with Crippen LogP contribution < -0.4 is 4.74 Å². The average Bonchev–Trinajstić information content (AvgIpc) is 2.93. The Hall–Kier alpha value is -3.21. The molecule has 4 aromatic rings. The van der Waals surface area contributed by atoms with Crippen LogP contribution in [-0.4, -0.2) is 16.9 Å². The summed E-state index contributed by atoms with van der Waals surface area (Å²) in [5.41, 5.74) is 5.32. The van der Waals surface area contributed by atoms with Gasteiger partial charge in [0.2, 0.25) is 0 Å². The lowest BCUT2D eigenvalue weighted by Gasteiger charge is -2.27. The van der Waals surface area contributed by atoms with E-state index >= 15 is 0 Å². The maximum atomic E-state index is 13.1. The molecule has 0 fully saturated rings.